The zero-order valence-corrected chi connectivity index (χ0v) is 24.2. The van der Waals surface area contributed by atoms with Gasteiger partial charge in [0.15, 0.2) is 5.84 Å². The molecule has 4 nitrogen and oxygen atoms in total. The van der Waals surface area contributed by atoms with Crippen LogP contribution in [0.25, 0.3) is 0 Å². The van der Waals surface area contributed by atoms with Crippen LogP contribution < -0.4 is 5.01 Å². The van der Waals surface area contributed by atoms with Gasteiger partial charge in [0.1, 0.15) is 5.71 Å². The molecule has 0 saturated heterocycles. The van der Waals surface area contributed by atoms with Crippen molar-refractivity contribution in [3.05, 3.63) is 89.0 Å². The van der Waals surface area contributed by atoms with Crippen molar-refractivity contribution >= 4 is 17.2 Å². The number of aliphatic hydroxyl groups excluding tert-OH is 1. The highest BCUT2D eigenvalue weighted by Crippen LogP contribution is 2.67. The Bertz CT molecular complexity index is 1410. The van der Waals surface area contributed by atoms with E-state index in [2.05, 4.69) is 51.1 Å². The third kappa shape index (κ3) is 3.82. The minimum atomic E-state index is -0.146. The number of anilines is 1. The first-order valence-electron chi connectivity index (χ1n) is 15.5. The molecule has 2 aromatic carbocycles. The third-order valence-corrected chi connectivity index (χ3v) is 11.9. The van der Waals surface area contributed by atoms with E-state index in [0.717, 1.165) is 53.6 Å². The first kappa shape index (κ1) is 26.0. The summed E-state index contributed by atoms with van der Waals surface area (Å²) >= 11 is 0. The van der Waals surface area contributed by atoms with Gasteiger partial charge in [0.05, 0.1) is 11.8 Å². The van der Waals surface area contributed by atoms with Crippen molar-refractivity contribution in [2.24, 2.45) is 39.6 Å². The average Bonchev–Trinajstić information content (AvgIpc) is 3.51. The second kappa shape index (κ2) is 9.55. The van der Waals surface area contributed by atoms with E-state index in [1.54, 1.807) is 5.57 Å². The quantitative estimate of drug-likeness (QED) is 0.391. The summed E-state index contributed by atoms with van der Waals surface area (Å²) in [6.45, 7) is 7.41. The van der Waals surface area contributed by atoms with Crippen LogP contribution in [0.2, 0.25) is 0 Å². The van der Waals surface area contributed by atoms with Crippen molar-refractivity contribution < 1.29 is 5.11 Å². The number of hydrogen-bond donors (Lipinski definition) is 2. The molecule has 2 N–H and O–H groups in total. The van der Waals surface area contributed by atoms with Crippen LogP contribution in [0.3, 0.4) is 0 Å². The van der Waals surface area contributed by atoms with E-state index in [4.69, 9.17) is 5.10 Å². The van der Waals surface area contributed by atoms with Gasteiger partial charge in [0.2, 0.25) is 0 Å². The van der Waals surface area contributed by atoms with E-state index in [9.17, 15) is 10.5 Å². The normalized spacial score (nSPS) is 38.2. The summed E-state index contributed by atoms with van der Waals surface area (Å²) in [5.41, 5.74) is 7.41. The van der Waals surface area contributed by atoms with Crippen molar-refractivity contribution in [1.29, 1.82) is 5.41 Å². The zero-order chi connectivity index (χ0) is 27.6. The maximum atomic E-state index is 10.4. The molecule has 0 radical (unpaired) electrons. The van der Waals surface area contributed by atoms with Gasteiger partial charge in [-0.2, -0.15) is 5.10 Å². The molecule has 3 fully saturated rings. The molecular weight excluding hydrogens is 490 g/mol. The first-order valence-corrected chi connectivity index (χ1v) is 15.5. The number of nitrogens with one attached hydrogen (secondary N) is 1. The monoisotopic (exact) mass is 533 g/mol. The SMILES string of the molecule is C/C(=C1/C(=N)N(c2ccccc2)N=C1c1ccccc1)[C@H]1CC[C@H]2[C@@H]3CC=C4C[C@@H](O)CC[C@]4(C)[C@H]3CC[C@]12C. The molecule has 1 heterocycles. The molecule has 0 bridgehead atoms. The predicted octanol–water partition coefficient (Wildman–Crippen LogP) is 8.14. The number of allylic oxidation sites excluding steroid dienone is 2. The Morgan fingerprint density at radius 3 is 2.40 bits per heavy atom. The molecule has 0 aromatic heterocycles. The maximum Gasteiger partial charge on any atom is 0.156 e. The Hall–Kier alpha value is -2.98. The molecule has 0 spiro atoms. The Kier molecular flexibility index (Phi) is 6.19. The van der Waals surface area contributed by atoms with Gasteiger partial charge in [-0.15, -0.1) is 0 Å². The molecule has 4 aliphatic carbocycles. The van der Waals surface area contributed by atoms with Crippen LogP contribution in [0, 0.1) is 39.9 Å². The lowest BCUT2D eigenvalue weighted by Gasteiger charge is -2.58. The van der Waals surface area contributed by atoms with E-state index in [0.29, 0.717) is 17.7 Å². The zero-order valence-electron chi connectivity index (χ0n) is 24.2. The Balaban J connectivity index is 1.25. The lowest BCUT2D eigenvalue weighted by molar-refractivity contribution is -0.0454. The fraction of sp³-hybridized carbons (Fsp3) is 0.500. The van der Waals surface area contributed by atoms with E-state index >= 15 is 0 Å². The number of benzene rings is 2. The van der Waals surface area contributed by atoms with Gasteiger partial charge >= 0.3 is 0 Å². The van der Waals surface area contributed by atoms with Crippen molar-refractivity contribution in [2.75, 3.05) is 5.01 Å². The second-order valence-corrected chi connectivity index (χ2v) is 13.7. The molecule has 7 rings (SSSR count). The number of amidine groups is 1. The van der Waals surface area contributed by atoms with Crippen molar-refractivity contribution in [3.8, 4) is 0 Å². The van der Waals surface area contributed by atoms with E-state index in [1.165, 1.54) is 37.7 Å². The topological polar surface area (TPSA) is 59.7 Å². The first-order chi connectivity index (χ1) is 19.3. The molecule has 40 heavy (non-hydrogen) atoms. The molecule has 4 heteroatoms. The van der Waals surface area contributed by atoms with Gasteiger partial charge < -0.3 is 5.11 Å². The smallest absolute Gasteiger partial charge is 0.156 e. The molecule has 0 amide bonds. The van der Waals surface area contributed by atoms with Crippen molar-refractivity contribution in [2.45, 2.75) is 78.2 Å². The summed E-state index contributed by atoms with van der Waals surface area (Å²) in [7, 11) is 0. The molecule has 0 unspecified atom stereocenters. The molecule has 208 valence electrons. The fourth-order valence-corrected chi connectivity index (χ4v) is 9.87. The van der Waals surface area contributed by atoms with E-state index < -0.39 is 0 Å². The second-order valence-electron chi connectivity index (χ2n) is 13.7. The number of fused-ring (bicyclic) bond motifs is 5. The Morgan fingerprint density at radius 2 is 1.65 bits per heavy atom. The number of hydrogen-bond acceptors (Lipinski definition) is 3. The predicted molar refractivity (Wildman–Crippen MR) is 164 cm³/mol. The molecule has 2 aromatic rings. The fourth-order valence-electron chi connectivity index (χ4n) is 9.87. The summed E-state index contributed by atoms with van der Waals surface area (Å²) in [5, 5.41) is 26.7. The van der Waals surface area contributed by atoms with Crippen LogP contribution in [0.1, 0.15) is 77.7 Å². The van der Waals surface area contributed by atoms with Crippen LogP contribution in [0.5, 0.6) is 0 Å². The van der Waals surface area contributed by atoms with Crippen molar-refractivity contribution in [3.63, 3.8) is 0 Å². The van der Waals surface area contributed by atoms with Gasteiger partial charge in [-0.25, -0.2) is 5.01 Å². The number of nitrogens with zero attached hydrogens (tertiary/aromatic N) is 2. The lowest BCUT2D eigenvalue weighted by Crippen LogP contribution is -2.50. The van der Waals surface area contributed by atoms with Crippen LogP contribution in [0.15, 0.2) is 88.6 Å². The van der Waals surface area contributed by atoms with Crippen LogP contribution >= 0.6 is 0 Å². The average molecular weight is 534 g/mol. The minimum absolute atomic E-state index is 0.146. The summed E-state index contributed by atoms with van der Waals surface area (Å²) < 4.78 is 0. The molecule has 3 saturated carbocycles. The third-order valence-electron chi connectivity index (χ3n) is 11.9. The van der Waals surface area contributed by atoms with E-state index in [1.807, 2.05) is 41.4 Å². The summed E-state index contributed by atoms with van der Waals surface area (Å²) in [5.74, 6) is 3.15. The van der Waals surface area contributed by atoms with E-state index in [-0.39, 0.29) is 16.9 Å². The summed E-state index contributed by atoms with van der Waals surface area (Å²) in [6, 6.07) is 20.6. The number of rotatable bonds is 3. The number of para-hydroxylation sites is 1. The summed E-state index contributed by atoms with van der Waals surface area (Å²) in [6.07, 6.45) is 11.6. The molecule has 7 atom stereocenters. The van der Waals surface area contributed by atoms with Crippen LogP contribution in [-0.4, -0.2) is 22.8 Å². The Morgan fingerprint density at radius 1 is 0.925 bits per heavy atom. The lowest BCUT2D eigenvalue weighted by atomic mass is 9.47. The standard InChI is InChI=1S/C36H43N3O/c1-23(32-33(24-10-6-4-7-11-24)38-39(34(32)37)26-12-8-5-9-13-26)29-16-17-30-28-15-14-25-22-27(40)18-20-35(25,2)31(28)19-21-36(29,30)3/h4-14,27-31,37,40H,15-22H2,1-3H3/b32-23-,37-34?/t27-,28-,29+,30-,31-,35-,36+/m0/s1. The Labute approximate surface area is 239 Å². The van der Waals surface area contributed by atoms with Gasteiger partial charge in [-0.05, 0) is 105 Å². The highest BCUT2D eigenvalue weighted by Gasteiger charge is 2.59. The highest BCUT2D eigenvalue weighted by atomic mass is 16.3. The summed E-state index contributed by atoms with van der Waals surface area (Å²) in [4.78, 5) is 0. The largest absolute Gasteiger partial charge is 0.393 e. The molecular formula is C36H43N3O. The molecule has 1 aliphatic heterocycles. The number of aliphatic hydroxyl groups is 1. The van der Waals surface area contributed by atoms with Gasteiger partial charge in [0, 0.05) is 11.1 Å². The maximum absolute atomic E-state index is 10.4. The van der Waals surface area contributed by atoms with Crippen LogP contribution in [0.4, 0.5) is 5.69 Å². The number of hydrazone groups is 1. The van der Waals surface area contributed by atoms with Gasteiger partial charge in [-0.1, -0.05) is 79.6 Å². The van der Waals surface area contributed by atoms with Gasteiger partial charge in [-0.3, -0.25) is 5.41 Å². The minimum Gasteiger partial charge on any atom is -0.393 e. The van der Waals surface area contributed by atoms with Gasteiger partial charge in [0.25, 0.3) is 0 Å². The van der Waals surface area contributed by atoms with Crippen LogP contribution in [-0.2, 0) is 0 Å². The van der Waals surface area contributed by atoms with Crippen molar-refractivity contribution in [1.82, 2.24) is 0 Å². The highest BCUT2D eigenvalue weighted by molar-refractivity contribution is 6.36. The molecule has 5 aliphatic rings.